The molecule has 1 aromatic carbocycles. The largest absolute Gasteiger partial charge is 0.390 e. The van der Waals surface area contributed by atoms with Crippen LogP contribution in [0.2, 0.25) is 0 Å². The number of aliphatic hydroxyl groups excluding tert-OH is 2. The maximum Gasteiger partial charge on any atom is 0.220 e. The van der Waals surface area contributed by atoms with Gasteiger partial charge in [0.25, 0.3) is 0 Å². The monoisotopic (exact) mass is 287 g/mol. The van der Waals surface area contributed by atoms with Crippen LogP contribution in [0.1, 0.15) is 23.7 Å². The van der Waals surface area contributed by atoms with Gasteiger partial charge in [-0.2, -0.15) is 0 Å². The van der Waals surface area contributed by atoms with Crippen molar-refractivity contribution in [1.82, 2.24) is 0 Å². The van der Waals surface area contributed by atoms with Gasteiger partial charge in [0.2, 0.25) is 5.91 Å². The van der Waals surface area contributed by atoms with E-state index in [4.69, 9.17) is 5.73 Å². The van der Waals surface area contributed by atoms with E-state index >= 15 is 0 Å². The van der Waals surface area contributed by atoms with E-state index in [-0.39, 0.29) is 6.42 Å². The number of rotatable bonds is 4. The molecule has 0 aliphatic rings. The minimum Gasteiger partial charge on any atom is -0.390 e. The Hall–Kier alpha value is -0.910. The van der Waals surface area contributed by atoms with Gasteiger partial charge in [-0.05, 0) is 24.1 Å². The third-order valence-corrected chi connectivity index (χ3v) is 2.94. The summed E-state index contributed by atoms with van der Waals surface area (Å²) in [4.78, 5) is 10.6. The highest BCUT2D eigenvalue weighted by Gasteiger charge is 2.22. The van der Waals surface area contributed by atoms with Crippen molar-refractivity contribution in [2.45, 2.75) is 25.6 Å². The number of primary amides is 1. The van der Waals surface area contributed by atoms with E-state index in [0.717, 1.165) is 5.56 Å². The highest BCUT2D eigenvalue weighted by molar-refractivity contribution is 9.10. The number of hydrogen-bond donors (Lipinski definition) is 3. The van der Waals surface area contributed by atoms with Crippen LogP contribution < -0.4 is 5.73 Å². The zero-order valence-corrected chi connectivity index (χ0v) is 10.4. The van der Waals surface area contributed by atoms with Crippen LogP contribution in [-0.2, 0) is 4.79 Å². The van der Waals surface area contributed by atoms with Gasteiger partial charge in [-0.3, -0.25) is 4.79 Å². The average molecular weight is 288 g/mol. The van der Waals surface area contributed by atoms with E-state index in [1.807, 2.05) is 19.1 Å². The van der Waals surface area contributed by atoms with E-state index in [0.29, 0.717) is 10.0 Å². The fourth-order valence-corrected chi connectivity index (χ4v) is 2.12. The molecular weight excluding hydrogens is 274 g/mol. The van der Waals surface area contributed by atoms with E-state index in [1.165, 1.54) is 0 Å². The molecule has 1 aromatic rings. The van der Waals surface area contributed by atoms with Gasteiger partial charge in [-0.1, -0.05) is 28.1 Å². The summed E-state index contributed by atoms with van der Waals surface area (Å²) in [5.41, 5.74) is 6.53. The van der Waals surface area contributed by atoms with Crippen molar-refractivity contribution in [1.29, 1.82) is 0 Å². The molecular formula is C11H14BrNO3. The van der Waals surface area contributed by atoms with Gasteiger partial charge in [0, 0.05) is 4.47 Å². The number of aliphatic hydroxyl groups is 2. The first-order valence-corrected chi connectivity index (χ1v) is 5.61. The third-order valence-electron chi connectivity index (χ3n) is 2.25. The molecule has 2 unspecified atom stereocenters. The molecule has 0 saturated heterocycles. The first-order chi connectivity index (χ1) is 7.41. The molecule has 4 N–H and O–H groups in total. The third kappa shape index (κ3) is 3.30. The highest BCUT2D eigenvalue weighted by Crippen LogP contribution is 2.27. The Kier molecular flexibility index (Phi) is 4.46. The molecule has 0 bridgehead atoms. The normalized spacial score (nSPS) is 14.5. The fraction of sp³-hybridized carbons (Fsp3) is 0.364. The predicted molar refractivity (Wildman–Crippen MR) is 63.7 cm³/mol. The second-order valence-electron chi connectivity index (χ2n) is 3.71. The molecule has 0 heterocycles. The van der Waals surface area contributed by atoms with Crippen molar-refractivity contribution in [3.8, 4) is 0 Å². The quantitative estimate of drug-likeness (QED) is 0.773. The first kappa shape index (κ1) is 13.2. The number of amides is 1. The molecule has 0 aromatic heterocycles. The maximum atomic E-state index is 10.6. The van der Waals surface area contributed by atoms with Gasteiger partial charge >= 0.3 is 0 Å². The van der Waals surface area contributed by atoms with Crippen LogP contribution in [0.15, 0.2) is 22.7 Å². The van der Waals surface area contributed by atoms with Crippen molar-refractivity contribution >= 4 is 21.8 Å². The number of halogens is 1. The van der Waals surface area contributed by atoms with Crippen molar-refractivity contribution in [3.63, 3.8) is 0 Å². The predicted octanol–water partition coefficient (Wildman–Crippen LogP) is 1.03. The molecule has 2 atom stereocenters. The molecule has 0 spiro atoms. The zero-order valence-electron chi connectivity index (χ0n) is 8.85. The second kappa shape index (κ2) is 5.43. The topological polar surface area (TPSA) is 83.6 Å². The maximum absolute atomic E-state index is 10.6. The Labute approximate surface area is 102 Å². The van der Waals surface area contributed by atoms with Gasteiger partial charge in [0.05, 0.1) is 12.5 Å². The molecule has 0 aliphatic heterocycles. The molecule has 0 aliphatic carbocycles. The van der Waals surface area contributed by atoms with E-state index in [2.05, 4.69) is 15.9 Å². The first-order valence-electron chi connectivity index (χ1n) is 4.82. The Bertz CT molecular complexity index is 395. The Balaban J connectivity index is 2.87. The van der Waals surface area contributed by atoms with Gasteiger partial charge in [-0.15, -0.1) is 0 Å². The number of aryl methyl sites for hydroxylation is 1. The lowest BCUT2D eigenvalue weighted by molar-refractivity contribution is -0.121. The van der Waals surface area contributed by atoms with Crippen LogP contribution in [0.4, 0.5) is 0 Å². The average Bonchev–Trinajstić information content (AvgIpc) is 2.15. The summed E-state index contributed by atoms with van der Waals surface area (Å²) >= 11 is 3.29. The molecule has 1 rings (SSSR count). The lowest BCUT2D eigenvalue weighted by atomic mass is 10.0. The molecule has 88 valence electrons. The summed E-state index contributed by atoms with van der Waals surface area (Å²) in [7, 11) is 0. The van der Waals surface area contributed by atoms with Crippen molar-refractivity contribution in [2.24, 2.45) is 5.73 Å². The number of benzene rings is 1. The summed E-state index contributed by atoms with van der Waals surface area (Å²) in [5, 5.41) is 19.4. The second-order valence-corrected chi connectivity index (χ2v) is 4.56. The number of nitrogens with two attached hydrogens (primary N) is 1. The number of carbonyl (C=O) groups excluding carboxylic acids is 1. The molecule has 0 fully saturated rings. The fourth-order valence-electron chi connectivity index (χ4n) is 1.40. The molecule has 16 heavy (non-hydrogen) atoms. The lowest BCUT2D eigenvalue weighted by Crippen LogP contribution is -2.25. The summed E-state index contributed by atoms with van der Waals surface area (Å²) in [6.07, 6.45) is -2.57. The van der Waals surface area contributed by atoms with Crippen LogP contribution in [0.25, 0.3) is 0 Å². The van der Waals surface area contributed by atoms with E-state index < -0.39 is 18.1 Å². The molecule has 0 saturated carbocycles. The van der Waals surface area contributed by atoms with E-state index in [9.17, 15) is 15.0 Å². The SMILES string of the molecule is Cc1ccc(C(O)C(O)CC(N)=O)c(Br)c1. The zero-order chi connectivity index (χ0) is 12.3. The molecule has 1 amide bonds. The van der Waals surface area contributed by atoms with Gasteiger partial charge in [-0.25, -0.2) is 0 Å². The van der Waals surface area contributed by atoms with Crippen LogP contribution in [0.5, 0.6) is 0 Å². The van der Waals surface area contributed by atoms with Crippen molar-refractivity contribution in [2.75, 3.05) is 0 Å². The molecule has 0 radical (unpaired) electrons. The number of carbonyl (C=O) groups is 1. The standard InChI is InChI=1S/C11H14BrNO3/c1-6-2-3-7(8(12)4-6)11(16)9(14)5-10(13)15/h2-4,9,11,14,16H,5H2,1H3,(H2,13,15). The van der Waals surface area contributed by atoms with E-state index in [1.54, 1.807) is 6.07 Å². The van der Waals surface area contributed by atoms with Gasteiger partial charge < -0.3 is 15.9 Å². The van der Waals surface area contributed by atoms with Crippen molar-refractivity contribution in [3.05, 3.63) is 33.8 Å². The molecule has 4 nitrogen and oxygen atoms in total. The summed E-state index contributed by atoms with van der Waals surface area (Å²) in [5.74, 6) is -0.644. The Morgan fingerprint density at radius 2 is 2.12 bits per heavy atom. The minimum atomic E-state index is -1.18. The number of hydrogen-bond acceptors (Lipinski definition) is 3. The Morgan fingerprint density at radius 3 is 2.62 bits per heavy atom. The molecule has 5 heteroatoms. The van der Waals surface area contributed by atoms with Crippen LogP contribution in [0.3, 0.4) is 0 Å². The highest BCUT2D eigenvalue weighted by atomic mass is 79.9. The lowest BCUT2D eigenvalue weighted by Gasteiger charge is -2.18. The smallest absolute Gasteiger partial charge is 0.220 e. The Morgan fingerprint density at radius 1 is 1.50 bits per heavy atom. The van der Waals surface area contributed by atoms with Gasteiger partial charge in [0.1, 0.15) is 6.10 Å². The summed E-state index contributed by atoms with van der Waals surface area (Å²) in [6.45, 7) is 1.92. The summed E-state index contributed by atoms with van der Waals surface area (Å²) < 4.78 is 0.698. The summed E-state index contributed by atoms with van der Waals surface area (Å²) in [6, 6.07) is 5.35. The van der Waals surface area contributed by atoms with Crippen LogP contribution >= 0.6 is 15.9 Å². The van der Waals surface area contributed by atoms with Crippen LogP contribution in [-0.4, -0.2) is 22.2 Å². The van der Waals surface area contributed by atoms with Crippen LogP contribution in [0, 0.1) is 6.92 Å². The van der Waals surface area contributed by atoms with Gasteiger partial charge in [0.15, 0.2) is 0 Å². The van der Waals surface area contributed by atoms with Crippen molar-refractivity contribution < 1.29 is 15.0 Å². The minimum absolute atomic E-state index is 0.262.